The van der Waals surface area contributed by atoms with Gasteiger partial charge in [0.15, 0.2) is 0 Å². The van der Waals surface area contributed by atoms with Gasteiger partial charge in [-0.2, -0.15) is 0 Å². The molecule has 1 unspecified atom stereocenters. The van der Waals surface area contributed by atoms with Crippen LogP contribution in [0, 0.1) is 0 Å². The van der Waals surface area contributed by atoms with Gasteiger partial charge >= 0.3 is 0 Å². The Bertz CT molecular complexity index is 396. The first-order valence-electron chi connectivity index (χ1n) is 4.85. The van der Waals surface area contributed by atoms with E-state index < -0.39 is 0 Å². The van der Waals surface area contributed by atoms with Crippen LogP contribution in [0.25, 0.3) is 0 Å². The number of benzene rings is 1. The number of rotatable bonds is 4. The maximum absolute atomic E-state index is 11.0. The second-order valence-electron chi connectivity index (χ2n) is 3.74. The number of carbonyl (C=O) groups excluding carboxylic acids is 1. The number of nitrogens with zero attached hydrogens (tertiary/aromatic N) is 1. The smallest absolute Gasteiger partial charge is 0.234 e. The van der Waals surface area contributed by atoms with Crippen LogP contribution in [-0.4, -0.2) is 23.9 Å². The first-order valence-corrected chi connectivity index (χ1v) is 5.61. The van der Waals surface area contributed by atoms with Crippen LogP contribution in [0.15, 0.2) is 18.2 Å². The summed E-state index contributed by atoms with van der Waals surface area (Å²) in [5.74, 6) is -0.345. The Morgan fingerprint density at radius 3 is 2.56 bits per heavy atom. The zero-order valence-electron chi connectivity index (χ0n) is 9.21. The van der Waals surface area contributed by atoms with E-state index in [4.69, 9.17) is 28.9 Å². The van der Waals surface area contributed by atoms with Gasteiger partial charge in [-0.25, -0.2) is 0 Å². The molecule has 1 atom stereocenters. The number of carbonyl (C=O) groups is 1. The van der Waals surface area contributed by atoms with E-state index in [1.807, 2.05) is 18.0 Å². The predicted octanol–water partition coefficient (Wildman–Crippen LogP) is 2.30. The van der Waals surface area contributed by atoms with Gasteiger partial charge in [0.05, 0.1) is 16.1 Å². The third-order valence-corrected chi connectivity index (χ3v) is 3.23. The third kappa shape index (κ3) is 3.37. The minimum Gasteiger partial charge on any atom is -0.368 e. The molecule has 1 amide bonds. The van der Waals surface area contributed by atoms with Crippen molar-refractivity contribution in [2.75, 3.05) is 7.05 Å². The molecule has 0 aliphatic rings. The highest BCUT2D eigenvalue weighted by Gasteiger charge is 2.14. The quantitative estimate of drug-likeness (QED) is 0.903. The lowest BCUT2D eigenvalue weighted by atomic mass is 10.2. The fourth-order valence-electron chi connectivity index (χ4n) is 1.28. The summed E-state index contributed by atoms with van der Waals surface area (Å²) in [5, 5.41) is 1.04. The van der Waals surface area contributed by atoms with Crippen molar-refractivity contribution in [3.63, 3.8) is 0 Å². The fraction of sp³-hybridized carbons (Fsp3) is 0.364. The predicted molar refractivity (Wildman–Crippen MR) is 66.6 cm³/mol. The molecule has 0 heterocycles. The van der Waals surface area contributed by atoms with E-state index in [0.29, 0.717) is 16.6 Å². The Labute approximate surface area is 105 Å². The van der Waals surface area contributed by atoms with E-state index in [-0.39, 0.29) is 11.9 Å². The van der Waals surface area contributed by atoms with Gasteiger partial charge in [0, 0.05) is 6.54 Å². The van der Waals surface area contributed by atoms with Gasteiger partial charge in [-0.05, 0) is 31.7 Å². The van der Waals surface area contributed by atoms with Crippen LogP contribution < -0.4 is 5.73 Å². The SMILES string of the molecule is CC(C(N)=O)N(C)Cc1ccc(Cl)c(Cl)c1. The van der Waals surface area contributed by atoms with Gasteiger partial charge in [-0.3, -0.25) is 9.69 Å². The van der Waals surface area contributed by atoms with Crippen molar-refractivity contribution in [2.24, 2.45) is 5.73 Å². The van der Waals surface area contributed by atoms with Crippen LogP contribution in [0.1, 0.15) is 12.5 Å². The van der Waals surface area contributed by atoms with E-state index in [1.54, 1.807) is 19.1 Å². The Hall–Kier alpha value is -0.770. The summed E-state index contributed by atoms with van der Waals surface area (Å²) in [6, 6.07) is 5.09. The molecule has 0 saturated carbocycles. The van der Waals surface area contributed by atoms with Gasteiger partial charge in [-0.15, -0.1) is 0 Å². The maximum atomic E-state index is 11.0. The van der Waals surface area contributed by atoms with E-state index >= 15 is 0 Å². The molecule has 0 aromatic heterocycles. The summed E-state index contributed by atoms with van der Waals surface area (Å²) >= 11 is 11.7. The molecule has 2 N–H and O–H groups in total. The van der Waals surface area contributed by atoms with Crippen LogP contribution in [0.4, 0.5) is 0 Å². The van der Waals surface area contributed by atoms with Crippen LogP contribution >= 0.6 is 23.2 Å². The summed E-state index contributed by atoms with van der Waals surface area (Å²) in [6.07, 6.45) is 0. The molecule has 0 radical (unpaired) electrons. The molecule has 0 fully saturated rings. The molecule has 0 spiro atoms. The van der Waals surface area contributed by atoms with Gasteiger partial charge in [-0.1, -0.05) is 29.3 Å². The number of likely N-dealkylation sites (N-methyl/N-ethyl adjacent to an activating group) is 1. The topological polar surface area (TPSA) is 46.3 Å². The second-order valence-corrected chi connectivity index (χ2v) is 4.56. The first-order chi connectivity index (χ1) is 7.41. The number of hydrogen-bond donors (Lipinski definition) is 1. The summed E-state index contributed by atoms with van der Waals surface area (Å²) in [5.41, 5.74) is 6.21. The molecule has 0 aliphatic heterocycles. The molecule has 0 saturated heterocycles. The van der Waals surface area contributed by atoms with Crippen LogP contribution in [0.3, 0.4) is 0 Å². The molecule has 1 aromatic carbocycles. The monoisotopic (exact) mass is 260 g/mol. The van der Waals surface area contributed by atoms with E-state index in [9.17, 15) is 4.79 Å². The third-order valence-electron chi connectivity index (χ3n) is 2.49. The highest BCUT2D eigenvalue weighted by atomic mass is 35.5. The molecule has 1 aromatic rings. The lowest BCUT2D eigenvalue weighted by Crippen LogP contribution is -2.39. The average Bonchev–Trinajstić information content (AvgIpc) is 2.22. The highest BCUT2D eigenvalue weighted by molar-refractivity contribution is 6.42. The van der Waals surface area contributed by atoms with Gasteiger partial charge < -0.3 is 5.73 Å². The number of primary amides is 1. The molecule has 88 valence electrons. The normalized spacial score (nSPS) is 12.8. The summed E-state index contributed by atoms with van der Waals surface area (Å²) in [4.78, 5) is 12.8. The molecule has 0 bridgehead atoms. The number of hydrogen-bond acceptors (Lipinski definition) is 2. The zero-order chi connectivity index (χ0) is 12.3. The molecule has 16 heavy (non-hydrogen) atoms. The Morgan fingerprint density at radius 1 is 1.44 bits per heavy atom. The van der Waals surface area contributed by atoms with Crippen molar-refractivity contribution in [3.8, 4) is 0 Å². The average molecular weight is 261 g/mol. The Kier molecular flexibility index (Phi) is 4.59. The lowest BCUT2D eigenvalue weighted by Gasteiger charge is -2.21. The molecule has 5 heteroatoms. The van der Waals surface area contributed by atoms with Crippen molar-refractivity contribution in [1.82, 2.24) is 4.90 Å². The van der Waals surface area contributed by atoms with Crippen molar-refractivity contribution in [2.45, 2.75) is 19.5 Å². The van der Waals surface area contributed by atoms with Crippen LogP contribution in [-0.2, 0) is 11.3 Å². The van der Waals surface area contributed by atoms with Crippen molar-refractivity contribution >= 4 is 29.1 Å². The van der Waals surface area contributed by atoms with E-state index in [0.717, 1.165) is 5.56 Å². The lowest BCUT2D eigenvalue weighted by molar-refractivity contribution is -0.122. The van der Waals surface area contributed by atoms with Gasteiger partial charge in [0.25, 0.3) is 0 Å². The van der Waals surface area contributed by atoms with Crippen molar-refractivity contribution in [3.05, 3.63) is 33.8 Å². The maximum Gasteiger partial charge on any atom is 0.234 e. The summed E-state index contributed by atoms with van der Waals surface area (Å²) in [7, 11) is 1.83. The van der Waals surface area contributed by atoms with E-state index in [1.165, 1.54) is 0 Å². The highest BCUT2D eigenvalue weighted by Crippen LogP contribution is 2.23. The standard InChI is InChI=1S/C11H14Cl2N2O/c1-7(11(14)16)15(2)6-8-3-4-9(12)10(13)5-8/h3-5,7H,6H2,1-2H3,(H2,14,16). The first kappa shape index (κ1) is 13.3. The van der Waals surface area contributed by atoms with Gasteiger partial charge in [0.1, 0.15) is 0 Å². The summed E-state index contributed by atoms with van der Waals surface area (Å²) in [6.45, 7) is 2.36. The largest absolute Gasteiger partial charge is 0.368 e. The molecular weight excluding hydrogens is 247 g/mol. The molecular formula is C11H14Cl2N2O. The van der Waals surface area contributed by atoms with Crippen molar-refractivity contribution < 1.29 is 4.79 Å². The number of nitrogens with two attached hydrogens (primary N) is 1. The number of halogens is 2. The Balaban J connectivity index is 2.73. The van der Waals surface area contributed by atoms with Gasteiger partial charge in [0.2, 0.25) is 5.91 Å². The molecule has 0 aliphatic carbocycles. The molecule has 1 rings (SSSR count). The minimum atomic E-state index is -0.345. The minimum absolute atomic E-state index is 0.311. The van der Waals surface area contributed by atoms with Crippen LogP contribution in [0.5, 0.6) is 0 Å². The van der Waals surface area contributed by atoms with Crippen LogP contribution in [0.2, 0.25) is 10.0 Å². The van der Waals surface area contributed by atoms with E-state index in [2.05, 4.69) is 0 Å². The second kappa shape index (κ2) is 5.53. The Morgan fingerprint density at radius 2 is 2.06 bits per heavy atom. The molecule has 3 nitrogen and oxygen atoms in total. The van der Waals surface area contributed by atoms with Crippen molar-refractivity contribution in [1.29, 1.82) is 0 Å². The fourth-order valence-corrected chi connectivity index (χ4v) is 1.60. The summed E-state index contributed by atoms with van der Waals surface area (Å²) < 4.78 is 0. The zero-order valence-corrected chi connectivity index (χ0v) is 10.7. The number of amides is 1.